The smallest absolute Gasteiger partial charge is 0.198 e. The largest absolute Gasteiger partial charge is 0.469 e. The van der Waals surface area contributed by atoms with Crippen LogP contribution in [-0.4, -0.2) is 29.8 Å². The Morgan fingerprint density at radius 1 is 1.37 bits per heavy atom. The molecule has 0 N–H and O–H groups in total. The van der Waals surface area contributed by atoms with E-state index in [1.807, 2.05) is 31.1 Å². The van der Waals surface area contributed by atoms with Crippen molar-refractivity contribution in [1.82, 2.24) is 9.88 Å². The summed E-state index contributed by atoms with van der Waals surface area (Å²) in [5, 5.41) is 0. The van der Waals surface area contributed by atoms with Crippen LogP contribution in [0.2, 0.25) is 0 Å². The van der Waals surface area contributed by atoms with Crippen molar-refractivity contribution in [3.05, 3.63) is 59.9 Å². The molecule has 0 aliphatic rings. The molecule has 0 aromatic carbocycles. The van der Waals surface area contributed by atoms with Gasteiger partial charge in [0.15, 0.2) is 5.78 Å². The Bertz CT molecular complexity index is 598. The Kier molecular flexibility index (Phi) is 3.80. The minimum absolute atomic E-state index is 0.0621. The molecule has 19 heavy (non-hydrogen) atoms. The number of allylic oxidation sites excluding steroid dienone is 1. The minimum Gasteiger partial charge on any atom is -0.469 e. The summed E-state index contributed by atoms with van der Waals surface area (Å²) in [5.74, 6) is 0.562. The number of hydrogen-bond acceptors (Lipinski definition) is 4. The molecule has 0 aliphatic carbocycles. The summed E-state index contributed by atoms with van der Waals surface area (Å²) in [5.41, 5.74) is 1.97. The van der Waals surface area contributed by atoms with Gasteiger partial charge in [-0.3, -0.25) is 9.78 Å². The van der Waals surface area contributed by atoms with Crippen LogP contribution in [0.1, 0.15) is 21.7 Å². The van der Waals surface area contributed by atoms with E-state index in [9.17, 15) is 4.79 Å². The van der Waals surface area contributed by atoms with E-state index in [2.05, 4.69) is 4.98 Å². The highest BCUT2D eigenvalue weighted by molar-refractivity contribution is 6.29. The first-order valence-corrected chi connectivity index (χ1v) is 5.97. The zero-order chi connectivity index (χ0) is 13.8. The van der Waals surface area contributed by atoms with Crippen molar-refractivity contribution >= 4 is 11.4 Å². The molecule has 2 aromatic rings. The molecule has 98 valence electrons. The first-order chi connectivity index (χ1) is 9.09. The Morgan fingerprint density at radius 2 is 2.16 bits per heavy atom. The Labute approximate surface area is 112 Å². The fraction of sp³-hybridized carbons (Fsp3) is 0.200. The van der Waals surface area contributed by atoms with E-state index in [0.717, 1.165) is 5.56 Å². The molecule has 0 saturated carbocycles. The number of carbonyl (C=O) groups excluding carboxylic acids is 1. The molecule has 0 aliphatic heterocycles. The predicted octanol–water partition coefficient (Wildman–Crippen LogP) is 2.77. The number of ketones is 1. The molecule has 0 bridgehead atoms. The summed E-state index contributed by atoms with van der Waals surface area (Å²) in [7, 11) is 3.76. The highest BCUT2D eigenvalue weighted by Crippen LogP contribution is 2.22. The average Bonchev–Trinajstić information content (AvgIpc) is 2.82. The van der Waals surface area contributed by atoms with Gasteiger partial charge in [-0.05, 0) is 19.1 Å². The van der Waals surface area contributed by atoms with Crippen LogP contribution in [0, 0.1) is 6.92 Å². The van der Waals surface area contributed by atoms with E-state index in [1.54, 1.807) is 31.6 Å². The van der Waals surface area contributed by atoms with Crippen LogP contribution >= 0.6 is 0 Å². The Balaban J connectivity index is 2.46. The molecule has 2 aromatic heterocycles. The number of aryl methyl sites for hydroxylation is 1. The second-order valence-electron chi connectivity index (χ2n) is 4.47. The van der Waals surface area contributed by atoms with E-state index < -0.39 is 0 Å². The normalized spacial score (nSPS) is 11.4. The zero-order valence-electron chi connectivity index (χ0n) is 11.3. The maximum absolute atomic E-state index is 12.6. The first kappa shape index (κ1) is 13.1. The summed E-state index contributed by atoms with van der Waals surface area (Å²) < 4.78 is 5.20. The van der Waals surface area contributed by atoms with Crippen molar-refractivity contribution in [2.45, 2.75) is 6.92 Å². The summed E-state index contributed by atoms with van der Waals surface area (Å²) >= 11 is 0. The lowest BCUT2D eigenvalue weighted by atomic mass is 9.99. The fourth-order valence-corrected chi connectivity index (χ4v) is 1.81. The SMILES string of the molecule is Cc1occc1C(=O)C(=CN(C)C)c1cccnc1. The molecule has 2 rings (SSSR count). The highest BCUT2D eigenvalue weighted by atomic mass is 16.3. The molecule has 0 spiro atoms. The van der Waals surface area contributed by atoms with Crippen molar-refractivity contribution in [2.75, 3.05) is 14.1 Å². The fourth-order valence-electron chi connectivity index (χ4n) is 1.81. The molecule has 0 saturated heterocycles. The third-order valence-corrected chi connectivity index (χ3v) is 2.71. The van der Waals surface area contributed by atoms with Gasteiger partial charge in [0, 0.05) is 43.8 Å². The molecule has 0 atom stereocenters. The van der Waals surface area contributed by atoms with Crippen LogP contribution in [0.15, 0.2) is 47.5 Å². The third kappa shape index (κ3) is 2.91. The van der Waals surface area contributed by atoms with Gasteiger partial charge in [0.25, 0.3) is 0 Å². The topological polar surface area (TPSA) is 46.3 Å². The summed E-state index contributed by atoms with van der Waals surface area (Å²) in [4.78, 5) is 18.5. The third-order valence-electron chi connectivity index (χ3n) is 2.71. The van der Waals surface area contributed by atoms with E-state index in [0.29, 0.717) is 16.9 Å². The highest BCUT2D eigenvalue weighted by Gasteiger charge is 2.18. The molecule has 4 heteroatoms. The predicted molar refractivity (Wildman–Crippen MR) is 73.7 cm³/mol. The number of aromatic nitrogens is 1. The van der Waals surface area contributed by atoms with Crippen molar-refractivity contribution in [2.24, 2.45) is 0 Å². The molecule has 0 amide bonds. The molecule has 2 heterocycles. The lowest BCUT2D eigenvalue weighted by Crippen LogP contribution is -2.09. The summed E-state index contributed by atoms with van der Waals surface area (Å²) in [6, 6.07) is 5.38. The van der Waals surface area contributed by atoms with Gasteiger partial charge in [0.1, 0.15) is 5.76 Å². The van der Waals surface area contributed by atoms with E-state index in [1.165, 1.54) is 6.26 Å². The van der Waals surface area contributed by atoms with Gasteiger partial charge >= 0.3 is 0 Å². The Morgan fingerprint density at radius 3 is 2.68 bits per heavy atom. The van der Waals surface area contributed by atoms with Crippen LogP contribution in [0.25, 0.3) is 5.57 Å². The van der Waals surface area contributed by atoms with Crippen molar-refractivity contribution in [3.63, 3.8) is 0 Å². The summed E-state index contributed by atoms with van der Waals surface area (Å²) in [6.45, 7) is 1.78. The lowest BCUT2D eigenvalue weighted by molar-refractivity contribution is 0.105. The van der Waals surface area contributed by atoms with Gasteiger partial charge in [-0.15, -0.1) is 0 Å². The standard InChI is InChI=1S/C15H16N2O2/c1-11-13(6-8-19-11)15(18)14(10-17(2)3)12-5-4-7-16-9-12/h4-10H,1-3H3. The second kappa shape index (κ2) is 5.52. The van der Waals surface area contributed by atoms with E-state index in [-0.39, 0.29) is 5.78 Å². The minimum atomic E-state index is -0.0621. The van der Waals surface area contributed by atoms with Gasteiger partial charge in [-0.25, -0.2) is 0 Å². The number of hydrogen-bond donors (Lipinski definition) is 0. The zero-order valence-corrected chi connectivity index (χ0v) is 11.3. The van der Waals surface area contributed by atoms with Gasteiger partial charge in [0.2, 0.25) is 0 Å². The van der Waals surface area contributed by atoms with Crippen LogP contribution in [0.3, 0.4) is 0 Å². The second-order valence-corrected chi connectivity index (χ2v) is 4.47. The number of nitrogens with zero attached hydrogens (tertiary/aromatic N) is 2. The van der Waals surface area contributed by atoms with Crippen LogP contribution < -0.4 is 0 Å². The molecule has 4 nitrogen and oxygen atoms in total. The number of rotatable bonds is 4. The van der Waals surface area contributed by atoms with Gasteiger partial charge in [0.05, 0.1) is 11.8 Å². The maximum Gasteiger partial charge on any atom is 0.198 e. The average molecular weight is 256 g/mol. The molecule has 0 fully saturated rings. The van der Waals surface area contributed by atoms with Crippen molar-refractivity contribution < 1.29 is 9.21 Å². The lowest BCUT2D eigenvalue weighted by Gasteiger charge is -2.11. The van der Waals surface area contributed by atoms with Crippen LogP contribution in [0.5, 0.6) is 0 Å². The quantitative estimate of drug-likeness (QED) is 0.623. The van der Waals surface area contributed by atoms with E-state index in [4.69, 9.17) is 4.42 Å². The number of carbonyl (C=O) groups is 1. The monoisotopic (exact) mass is 256 g/mol. The number of Topliss-reactive ketones (excluding diaryl/α,β-unsaturated/α-hetero) is 1. The van der Waals surface area contributed by atoms with Gasteiger partial charge < -0.3 is 9.32 Å². The van der Waals surface area contributed by atoms with Crippen LogP contribution in [-0.2, 0) is 0 Å². The van der Waals surface area contributed by atoms with Gasteiger partial charge in [-0.1, -0.05) is 6.07 Å². The maximum atomic E-state index is 12.6. The van der Waals surface area contributed by atoms with Crippen molar-refractivity contribution in [1.29, 1.82) is 0 Å². The van der Waals surface area contributed by atoms with E-state index >= 15 is 0 Å². The van der Waals surface area contributed by atoms with Gasteiger partial charge in [-0.2, -0.15) is 0 Å². The number of pyridine rings is 1. The van der Waals surface area contributed by atoms with Crippen LogP contribution in [0.4, 0.5) is 0 Å². The Hall–Kier alpha value is -2.36. The number of furan rings is 1. The first-order valence-electron chi connectivity index (χ1n) is 5.97. The molecular formula is C15H16N2O2. The molecule has 0 unspecified atom stereocenters. The van der Waals surface area contributed by atoms with Crippen molar-refractivity contribution in [3.8, 4) is 0 Å². The molecular weight excluding hydrogens is 240 g/mol. The molecule has 0 radical (unpaired) electrons. The summed E-state index contributed by atoms with van der Waals surface area (Å²) in [6.07, 6.45) is 6.69.